The third-order valence-electron chi connectivity index (χ3n) is 7.69. The average molecular weight is 585 g/mol. The number of alkyl halides is 3. The number of hydrogen-bond donors (Lipinski definition) is 3. The molecule has 3 aromatic rings. The predicted octanol–water partition coefficient (Wildman–Crippen LogP) is 5.26. The van der Waals surface area contributed by atoms with Gasteiger partial charge in [-0.3, -0.25) is 9.69 Å². The average Bonchev–Trinajstić information content (AvgIpc) is 3.01. The standard InChI is InChI=1S/C30H35F3N6O3/c1-34-29(40)22-5-3-4-6-24(22)37-25-18-28(35-19-23(25)30(31,32)33)36-20-7-8-26(27(17-20)41-2)39-13-11-38(12-14-39)21-9-15-42-16-10-21/h3-8,17-19,21H,9-16H2,1-2H3,(H,34,40)(H2,35,36,37). The summed E-state index contributed by atoms with van der Waals surface area (Å²) in [6, 6.07) is 13.8. The second-order valence-corrected chi connectivity index (χ2v) is 10.2. The smallest absolute Gasteiger partial charge is 0.419 e. The van der Waals surface area contributed by atoms with Gasteiger partial charge in [0.05, 0.1) is 35.3 Å². The Bertz CT molecular complexity index is 1390. The number of para-hydroxylation sites is 1. The monoisotopic (exact) mass is 584 g/mol. The number of carbonyl (C=O) groups is 1. The fraction of sp³-hybridized carbons (Fsp3) is 0.400. The number of benzene rings is 2. The molecule has 1 aromatic heterocycles. The maximum atomic E-state index is 13.9. The molecular weight excluding hydrogens is 549 g/mol. The third-order valence-corrected chi connectivity index (χ3v) is 7.69. The van der Waals surface area contributed by atoms with Crippen molar-refractivity contribution in [3.8, 4) is 5.75 Å². The van der Waals surface area contributed by atoms with Gasteiger partial charge in [-0.05, 0) is 37.1 Å². The fourth-order valence-electron chi connectivity index (χ4n) is 5.47. The zero-order valence-electron chi connectivity index (χ0n) is 23.6. The van der Waals surface area contributed by atoms with E-state index in [1.165, 1.54) is 19.2 Å². The molecule has 3 heterocycles. The van der Waals surface area contributed by atoms with Crippen LogP contribution in [-0.4, -0.2) is 75.4 Å². The molecule has 0 bridgehead atoms. The summed E-state index contributed by atoms with van der Waals surface area (Å²) in [7, 11) is 3.06. The highest BCUT2D eigenvalue weighted by atomic mass is 19.4. The number of pyridine rings is 1. The second kappa shape index (κ2) is 12.9. The number of amides is 1. The van der Waals surface area contributed by atoms with E-state index in [9.17, 15) is 18.0 Å². The van der Waals surface area contributed by atoms with Crippen LogP contribution in [0.15, 0.2) is 54.7 Å². The van der Waals surface area contributed by atoms with Crippen LogP contribution in [-0.2, 0) is 10.9 Å². The van der Waals surface area contributed by atoms with E-state index in [0.717, 1.165) is 64.1 Å². The van der Waals surface area contributed by atoms with E-state index in [2.05, 4.69) is 30.7 Å². The van der Waals surface area contributed by atoms with Crippen molar-refractivity contribution in [2.75, 3.05) is 69.1 Å². The number of halogens is 3. The summed E-state index contributed by atoms with van der Waals surface area (Å²) in [5.74, 6) is 0.434. The number of anilines is 5. The lowest BCUT2D eigenvalue weighted by Gasteiger charge is -2.41. The number of piperazine rings is 1. The van der Waals surface area contributed by atoms with Crippen LogP contribution in [0.3, 0.4) is 0 Å². The molecule has 2 saturated heterocycles. The van der Waals surface area contributed by atoms with Crippen LogP contribution in [0.25, 0.3) is 0 Å². The van der Waals surface area contributed by atoms with Gasteiger partial charge in [-0.25, -0.2) is 4.98 Å². The van der Waals surface area contributed by atoms with Gasteiger partial charge in [-0.2, -0.15) is 13.2 Å². The Kier molecular flexibility index (Phi) is 9.03. The zero-order chi connectivity index (χ0) is 29.7. The van der Waals surface area contributed by atoms with Gasteiger partial charge < -0.3 is 30.3 Å². The van der Waals surface area contributed by atoms with Crippen molar-refractivity contribution in [1.29, 1.82) is 0 Å². The predicted molar refractivity (Wildman–Crippen MR) is 156 cm³/mol. The normalized spacial score (nSPS) is 16.6. The molecule has 9 nitrogen and oxygen atoms in total. The van der Waals surface area contributed by atoms with Crippen LogP contribution >= 0.6 is 0 Å². The summed E-state index contributed by atoms with van der Waals surface area (Å²) < 4.78 is 52.8. The molecule has 5 rings (SSSR count). The number of nitrogens with one attached hydrogen (secondary N) is 3. The Balaban J connectivity index is 1.34. The maximum absolute atomic E-state index is 13.9. The molecule has 1 amide bonds. The maximum Gasteiger partial charge on any atom is 0.419 e. The second-order valence-electron chi connectivity index (χ2n) is 10.2. The molecule has 2 aromatic carbocycles. The number of rotatable bonds is 8. The molecule has 2 fully saturated rings. The van der Waals surface area contributed by atoms with Crippen LogP contribution < -0.4 is 25.6 Å². The summed E-state index contributed by atoms with van der Waals surface area (Å²) >= 11 is 0. The van der Waals surface area contributed by atoms with Gasteiger partial charge in [0.25, 0.3) is 5.91 Å². The van der Waals surface area contributed by atoms with Crippen molar-refractivity contribution in [2.24, 2.45) is 0 Å². The minimum absolute atomic E-state index is 0.197. The molecule has 2 aliphatic heterocycles. The van der Waals surface area contributed by atoms with Crippen molar-refractivity contribution in [3.05, 3.63) is 65.9 Å². The number of nitrogens with zero attached hydrogens (tertiary/aromatic N) is 3. The molecular formula is C30H35F3N6O3. The van der Waals surface area contributed by atoms with E-state index < -0.39 is 17.6 Å². The van der Waals surface area contributed by atoms with Crippen molar-refractivity contribution < 1.29 is 27.4 Å². The first kappa shape index (κ1) is 29.5. The molecule has 0 unspecified atom stereocenters. The molecule has 3 N–H and O–H groups in total. The van der Waals surface area contributed by atoms with E-state index in [1.54, 1.807) is 25.3 Å². The number of carbonyl (C=O) groups excluding carboxylic acids is 1. The Labute approximate surface area is 243 Å². The van der Waals surface area contributed by atoms with E-state index in [1.807, 2.05) is 18.2 Å². The van der Waals surface area contributed by atoms with Gasteiger partial charge in [0.15, 0.2) is 0 Å². The number of aromatic nitrogens is 1. The van der Waals surface area contributed by atoms with E-state index in [-0.39, 0.29) is 22.8 Å². The summed E-state index contributed by atoms with van der Waals surface area (Å²) in [6.07, 6.45) is -1.74. The summed E-state index contributed by atoms with van der Waals surface area (Å²) in [6.45, 7) is 5.30. The number of methoxy groups -OCH3 is 1. The summed E-state index contributed by atoms with van der Waals surface area (Å²) in [5.41, 5.74) is 0.842. The van der Waals surface area contributed by atoms with Crippen LogP contribution in [0, 0.1) is 0 Å². The van der Waals surface area contributed by atoms with Crippen molar-refractivity contribution >= 4 is 34.5 Å². The molecule has 0 radical (unpaired) electrons. The molecule has 42 heavy (non-hydrogen) atoms. The molecule has 0 atom stereocenters. The van der Waals surface area contributed by atoms with E-state index >= 15 is 0 Å². The van der Waals surface area contributed by atoms with Crippen molar-refractivity contribution in [3.63, 3.8) is 0 Å². The largest absolute Gasteiger partial charge is 0.495 e. The highest BCUT2D eigenvalue weighted by Gasteiger charge is 2.35. The third kappa shape index (κ3) is 6.71. The van der Waals surface area contributed by atoms with E-state index in [0.29, 0.717) is 17.5 Å². The number of hydrogen-bond acceptors (Lipinski definition) is 8. The van der Waals surface area contributed by atoms with Gasteiger partial charge in [0.1, 0.15) is 11.6 Å². The Morgan fingerprint density at radius 1 is 1.00 bits per heavy atom. The highest BCUT2D eigenvalue weighted by Crippen LogP contribution is 2.38. The lowest BCUT2D eigenvalue weighted by atomic mass is 10.1. The van der Waals surface area contributed by atoms with Crippen molar-refractivity contribution in [1.82, 2.24) is 15.2 Å². The Hall–Kier alpha value is -4.03. The highest BCUT2D eigenvalue weighted by molar-refractivity contribution is 6.00. The Morgan fingerprint density at radius 3 is 2.43 bits per heavy atom. The van der Waals surface area contributed by atoms with Gasteiger partial charge >= 0.3 is 6.18 Å². The first-order valence-electron chi connectivity index (χ1n) is 13.9. The van der Waals surface area contributed by atoms with E-state index in [4.69, 9.17) is 9.47 Å². The first-order chi connectivity index (χ1) is 20.3. The molecule has 2 aliphatic rings. The quantitative estimate of drug-likeness (QED) is 0.331. The molecule has 0 spiro atoms. The van der Waals surface area contributed by atoms with Gasteiger partial charge in [-0.15, -0.1) is 0 Å². The molecule has 12 heteroatoms. The topological polar surface area (TPSA) is 91.0 Å². The van der Waals surface area contributed by atoms with Gasteiger partial charge in [0, 0.05) is 76.5 Å². The minimum Gasteiger partial charge on any atom is -0.495 e. The van der Waals surface area contributed by atoms with Gasteiger partial charge in [0.2, 0.25) is 0 Å². The van der Waals surface area contributed by atoms with Crippen LogP contribution in [0.1, 0.15) is 28.8 Å². The number of ether oxygens (including phenoxy) is 2. The fourth-order valence-corrected chi connectivity index (χ4v) is 5.47. The van der Waals surface area contributed by atoms with Crippen LogP contribution in [0.2, 0.25) is 0 Å². The Morgan fingerprint density at radius 2 is 1.74 bits per heavy atom. The summed E-state index contributed by atoms with van der Waals surface area (Å²) in [5, 5.41) is 8.39. The summed E-state index contributed by atoms with van der Waals surface area (Å²) in [4.78, 5) is 21.1. The van der Waals surface area contributed by atoms with Crippen LogP contribution in [0.5, 0.6) is 5.75 Å². The lowest BCUT2D eigenvalue weighted by molar-refractivity contribution is -0.137. The lowest BCUT2D eigenvalue weighted by Crippen LogP contribution is -2.51. The SMILES string of the molecule is CNC(=O)c1ccccc1Nc1cc(Nc2ccc(N3CCN(C4CCOCC4)CC3)c(OC)c2)ncc1C(F)(F)F. The minimum atomic E-state index is -4.66. The van der Waals surface area contributed by atoms with Crippen LogP contribution in [0.4, 0.5) is 41.7 Å². The zero-order valence-corrected chi connectivity index (χ0v) is 23.6. The first-order valence-corrected chi connectivity index (χ1v) is 13.9. The van der Waals surface area contributed by atoms with Gasteiger partial charge in [-0.1, -0.05) is 12.1 Å². The van der Waals surface area contributed by atoms with Crippen molar-refractivity contribution in [2.45, 2.75) is 25.1 Å². The molecule has 0 saturated carbocycles. The molecule has 0 aliphatic carbocycles. The molecule has 224 valence electrons.